The van der Waals surface area contributed by atoms with Crippen LogP contribution in [0.2, 0.25) is 0 Å². The molecule has 3 rings (SSSR count). The van der Waals surface area contributed by atoms with Crippen LogP contribution in [0.25, 0.3) is 0 Å². The third kappa shape index (κ3) is 4.80. The van der Waals surface area contributed by atoms with Crippen LogP contribution in [0.3, 0.4) is 0 Å². The third-order valence-electron chi connectivity index (χ3n) is 4.19. The molecule has 130 valence electrons. The third-order valence-corrected chi connectivity index (χ3v) is 4.19. The summed E-state index contributed by atoms with van der Waals surface area (Å²) in [6, 6.07) is 0. The standard InChI is InChI=1S/C15H25N5O2.HI/c1-16-15(17-8-12-9-18-19(2)10-12)20-5-7-22-14(11-20)13-4-3-6-21-13;/h9-10,13-14H,3-8,11H2,1-2H3,(H,16,17);1H. The Balaban J connectivity index is 0.00000192. The van der Waals surface area contributed by atoms with Crippen molar-refractivity contribution in [3.8, 4) is 0 Å². The van der Waals surface area contributed by atoms with E-state index in [1.807, 2.05) is 31.2 Å². The van der Waals surface area contributed by atoms with Crippen LogP contribution in [0.4, 0.5) is 0 Å². The van der Waals surface area contributed by atoms with Gasteiger partial charge in [0.1, 0.15) is 6.10 Å². The molecule has 2 unspecified atom stereocenters. The second kappa shape index (κ2) is 8.84. The van der Waals surface area contributed by atoms with Crippen molar-refractivity contribution in [1.82, 2.24) is 20.0 Å². The Bertz CT molecular complexity index is 516. The van der Waals surface area contributed by atoms with E-state index in [-0.39, 0.29) is 36.2 Å². The first-order valence-electron chi connectivity index (χ1n) is 7.92. The number of hydrogen-bond donors (Lipinski definition) is 1. The zero-order valence-electron chi connectivity index (χ0n) is 13.8. The first-order valence-corrected chi connectivity index (χ1v) is 7.92. The van der Waals surface area contributed by atoms with Crippen molar-refractivity contribution in [1.29, 1.82) is 0 Å². The zero-order valence-corrected chi connectivity index (χ0v) is 16.1. The van der Waals surface area contributed by atoms with Crippen molar-refractivity contribution in [3.63, 3.8) is 0 Å². The molecule has 2 aliphatic heterocycles. The molecule has 2 aliphatic rings. The first kappa shape index (κ1) is 18.5. The lowest BCUT2D eigenvalue weighted by molar-refractivity contribution is -0.0817. The number of guanidine groups is 1. The summed E-state index contributed by atoms with van der Waals surface area (Å²) in [6.45, 7) is 3.99. The monoisotopic (exact) mass is 435 g/mol. The van der Waals surface area contributed by atoms with Crippen LogP contribution < -0.4 is 5.32 Å². The Hall–Kier alpha value is -0.870. The summed E-state index contributed by atoms with van der Waals surface area (Å²) in [5.41, 5.74) is 1.15. The van der Waals surface area contributed by atoms with E-state index in [4.69, 9.17) is 9.47 Å². The fourth-order valence-electron chi connectivity index (χ4n) is 3.07. The zero-order chi connectivity index (χ0) is 15.4. The molecule has 0 radical (unpaired) electrons. The Morgan fingerprint density at radius 1 is 1.39 bits per heavy atom. The largest absolute Gasteiger partial charge is 0.375 e. The number of aromatic nitrogens is 2. The van der Waals surface area contributed by atoms with Gasteiger partial charge in [-0.25, -0.2) is 0 Å². The molecule has 7 nitrogen and oxygen atoms in total. The molecular weight excluding hydrogens is 409 g/mol. The number of nitrogens with zero attached hydrogens (tertiary/aromatic N) is 4. The van der Waals surface area contributed by atoms with Gasteiger partial charge < -0.3 is 19.7 Å². The van der Waals surface area contributed by atoms with Crippen LogP contribution in [-0.2, 0) is 23.1 Å². The predicted molar refractivity (Wildman–Crippen MR) is 99.1 cm³/mol. The minimum atomic E-state index is 0. The van der Waals surface area contributed by atoms with Crippen LogP contribution >= 0.6 is 24.0 Å². The van der Waals surface area contributed by atoms with Gasteiger partial charge in [0.2, 0.25) is 0 Å². The SMILES string of the molecule is CN=C(NCc1cnn(C)c1)N1CCOC(C2CCCO2)C1.I. The number of aliphatic imine (C=N–C) groups is 1. The summed E-state index contributed by atoms with van der Waals surface area (Å²) in [5, 5.41) is 7.59. The molecule has 0 spiro atoms. The summed E-state index contributed by atoms with van der Waals surface area (Å²) in [4.78, 5) is 6.66. The van der Waals surface area contributed by atoms with Crippen molar-refractivity contribution in [2.45, 2.75) is 31.6 Å². The molecule has 2 atom stereocenters. The van der Waals surface area contributed by atoms with Crippen molar-refractivity contribution < 1.29 is 9.47 Å². The summed E-state index contributed by atoms with van der Waals surface area (Å²) >= 11 is 0. The minimum absolute atomic E-state index is 0. The Labute approximate surface area is 154 Å². The van der Waals surface area contributed by atoms with E-state index in [0.29, 0.717) is 0 Å². The molecule has 0 saturated carbocycles. The van der Waals surface area contributed by atoms with Crippen molar-refractivity contribution in [2.24, 2.45) is 12.0 Å². The molecule has 0 amide bonds. The number of aryl methyl sites for hydroxylation is 1. The van der Waals surface area contributed by atoms with Gasteiger partial charge in [0, 0.05) is 52.1 Å². The number of halogens is 1. The van der Waals surface area contributed by atoms with Gasteiger partial charge in [0.15, 0.2) is 5.96 Å². The van der Waals surface area contributed by atoms with E-state index in [1.54, 1.807) is 0 Å². The molecule has 0 bridgehead atoms. The highest BCUT2D eigenvalue weighted by atomic mass is 127. The fourth-order valence-corrected chi connectivity index (χ4v) is 3.07. The van der Waals surface area contributed by atoms with Gasteiger partial charge in [-0.15, -0.1) is 24.0 Å². The molecule has 0 aliphatic carbocycles. The molecule has 1 N–H and O–H groups in total. The number of rotatable bonds is 3. The molecule has 8 heteroatoms. The fraction of sp³-hybridized carbons (Fsp3) is 0.733. The molecule has 0 aromatic carbocycles. The van der Waals surface area contributed by atoms with Gasteiger partial charge in [-0.05, 0) is 12.8 Å². The molecule has 1 aromatic rings. The van der Waals surface area contributed by atoms with Crippen LogP contribution in [0.15, 0.2) is 17.4 Å². The maximum absolute atomic E-state index is 5.89. The highest BCUT2D eigenvalue weighted by Gasteiger charge is 2.32. The average Bonchev–Trinajstić information content (AvgIpc) is 3.20. The molecule has 3 heterocycles. The van der Waals surface area contributed by atoms with E-state index in [0.717, 1.165) is 57.2 Å². The quantitative estimate of drug-likeness (QED) is 0.436. The average molecular weight is 435 g/mol. The van der Waals surface area contributed by atoms with Gasteiger partial charge in [-0.1, -0.05) is 0 Å². The Morgan fingerprint density at radius 2 is 2.22 bits per heavy atom. The summed E-state index contributed by atoms with van der Waals surface area (Å²) in [7, 11) is 3.74. The van der Waals surface area contributed by atoms with E-state index in [9.17, 15) is 0 Å². The highest BCUT2D eigenvalue weighted by molar-refractivity contribution is 14.0. The van der Waals surface area contributed by atoms with Gasteiger partial charge in [0.25, 0.3) is 0 Å². The van der Waals surface area contributed by atoms with E-state index in [1.165, 1.54) is 0 Å². The van der Waals surface area contributed by atoms with Gasteiger partial charge in [0.05, 0.1) is 18.9 Å². The number of hydrogen-bond acceptors (Lipinski definition) is 4. The van der Waals surface area contributed by atoms with Crippen LogP contribution in [0, 0.1) is 0 Å². The second-order valence-corrected chi connectivity index (χ2v) is 5.83. The maximum Gasteiger partial charge on any atom is 0.194 e. The molecule has 2 fully saturated rings. The summed E-state index contributed by atoms with van der Waals surface area (Å²) in [5.74, 6) is 0.912. The topological polar surface area (TPSA) is 63.9 Å². The highest BCUT2D eigenvalue weighted by Crippen LogP contribution is 2.21. The Kier molecular flexibility index (Phi) is 7.09. The maximum atomic E-state index is 5.89. The van der Waals surface area contributed by atoms with Crippen LogP contribution in [-0.4, -0.2) is 66.2 Å². The van der Waals surface area contributed by atoms with Gasteiger partial charge in [-0.3, -0.25) is 9.67 Å². The lowest BCUT2D eigenvalue weighted by atomic mass is 10.1. The van der Waals surface area contributed by atoms with E-state index >= 15 is 0 Å². The molecule has 1 aromatic heterocycles. The van der Waals surface area contributed by atoms with Crippen molar-refractivity contribution >= 4 is 29.9 Å². The first-order chi connectivity index (χ1) is 10.8. The summed E-state index contributed by atoms with van der Waals surface area (Å²) < 4.78 is 13.5. The Morgan fingerprint density at radius 3 is 2.87 bits per heavy atom. The predicted octanol–water partition coefficient (Wildman–Crippen LogP) is 0.993. The lowest BCUT2D eigenvalue weighted by Gasteiger charge is -2.37. The van der Waals surface area contributed by atoms with Crippen LogP contribution in [0.5, 0.6) is 0 Å². The lowest BCUT2D eigenvalue weighted by Crippen LogP contribution is -2.53. The van der Waals surface area contributed by atoms with Crippen LogP contribution in [0.1, 0.15) is 18.4 Å². The number of nitrogens with one attached hydrogen (secondary N) is 1. The van der Waals surface area contributed by atoms with Crippen molar-refractivity contribution in [2.75, 3.05) is 33.4 Å². The second-order valence-electron chi connectivity index (χ2n) is 5.83. The number of morpholine rings is 1. The van der Waals surface area contributed by atoms with E-state index < -0.39 is 0 Å². The molecular formula is C15H26IN5O2. The molecule has 2 saturated heterocycles. The molecule has 23 heavy (non-hydrogen) atoms. The minimum Gasteiger partial charge on any atom is -0.375 e. The van der Waals surface area contributed by atoms with Gasteiger partial charge in [-0.2, -0.15) is 5.10 Å². The summed E-state index contributed by atoms with van der Waals surface area (Å²) in [6.07, 6.45) is 6.50. The van der Waals surface area contributed by atoms with Crippen molar-refractivity contribution in [3.05, 3.63) is 18.0 Å². The van der Waals surface area contributed by atoms with Gasteiger partial charge >= 0.3 is 0 Å². The smallest absolute Gasteiger partial charge is 0.194 e. The number of ether oxygens (including phenoxy) is 2. The normalized spacial score (nSPS) is 25.3. The van der Waals surface area contributed by atoms with E-state index in [2.05, 4.69) is 20.3 Å².